The van der Waals surface area contributed by atoms with Crippen LogP contribution in [-0.4, -0.2) is 36.5 Å². The second kappa shape index (κ2) is 4.54. The molecule has 19 heavy (non-hydrogen) atoms. The number of hydrogen-bond donors (Lipinski definition) is 0. The van der Waals surface area contributed by atoms with Crippen LogP contribution in [0.4, 0.5) is 10.1 Å². The Labute approximate surface area is 111 Å². The molecule has 0 radical (unpaired) electrons. The van der Waals surface area contributed by atoms with E-state index in [-0.39, 0.29) is 17.5 Å². The van der Waals surface area contributed by atoms with Gasteiger partial charge in [-0.25, -0.2) is 4.39 Å². The highest BCUT2D eigenvalue weighted by Crippen LogP contribution is 2.27. The summed E-state index contributed by atoms with van der Waals surface area (Å²) >= 11 is 0. The van der Waals surface area contributed by atoms with E-state index in [4.69, 9.17) is 5.26 Å². The molecule has 2 saturated heterocycles. The molecule has 1 amide bonds. The zero-order valence-electron chi connectivity index (χ0n) is 10.5. The summed E-state index contributed by atoms with van der Waals surface area (Å²) in [5.74, 6) is -0.248. The van der Waals surface area contributed by atoms with Crippen LogP contribution in [0.3, 0.4) is 0 Å². The zero-order chi connectivity index (χ0) is 13.4. The van der Waals surface area contributed by atoms with Crippen molar-refractivity contribution in [2.24, 2.45) is 0 Å². The van der Waals surface area contributed by atoms with Crippen LogP contribution >= 0.6 is 0 Å². The molecule has 1 aromatic carbocycles. The fourth-order valence-electron chi connectivity index (χ4n) is 2.89. The first-order valence-electron chi connectivity index (χ1n) is 6.43. The molecular weight excluding hydrogens is 245 g/mol. The Morgan fingerprint density at radius 3 is 3.00 bits per heavy atom. The number of halogens is 1. The molecule has 0 aliphatic carbocycles. The molecule has 0 N–H and O–H groups in total. The number of fused-ring (bicyclic) bond motifs is 1. The van der Waals surface area contributed by atoms with Gasteiger partial charge in [-0.2, -0.15) is 5.26 Å². The summed E-state index contributed by atoms with van der Waals surface area (Å²) in [6.45, 7) is 2.21. The normalized spacial score (nSPS) is 22.3. The number of nitriles is 1. The highest BCUT2D eigenvalue weighted by molar-refractivity contribution is 5.79. The van der Waals surface area contributed by atoms with E-state index in [1.165, 1.54) is 6.07 Å². The van der Waals surface area contributed by atoms with Crippen LogP contribution in [0.15, 0.2) is 18.2 Å². The molecule has 3 rings (SSSR count). The van der Waals surface area contributed by atoms with Gasteiger partial charge in [-0.1, -0.05) is 0 Å². The molecule has 0 bridgehead atoms. The second-order valence-electron chi connectivity index (χ2n) is 5.00. The summed E-state index contributed by atoms with van der Waals surface area (Å²) in [4.78, 5) is 15.7. The van der Waals surface area contributed by atoms with Crippen molar-refractivity contribution in [3.8, 4) is 6.07 Å². The van der Waals surface area contributed by atoms with E-state index < -0.39 is 5.82 Å². The maximum Gasteiger partial charge on any atom is 0.223 e. The number of carbonyl (C=O) groups is 1. The lowest BCUT2D eigenvalue weighted by Crippen LogP contribution is -2.51. The predicted octanol–water partition coefficient (Wildman–Crippen LogP) is 1.51. The summed E-state index contributed by atoms with van der Waals surface area (Å²) in [6, 6.07) is 6.74. The molecule has 1 aromatic rings. The van der Waals surface area contributed by atoms with Gasteiger partial charge in [-0.05, 0) is 24.6 Å². The molecule has 0 saturated carbocycles. The Bertz CT molecular complexity index is 566. The summed E-state index contributed by atoms with van der Waals surface area (Å²) in [6.07, 6.45) is 1.52. The zero-order valence-corrected chi connectivity index (χ0v) is 10.5. The van der Waals surface area contributed by atoms with Crippen molar-refractivity contribution in [1.82, 2.24) is 4.90 Å². The maximum absolute atomic E-state index is 13.3. The van der Waals surface area contributed by atoms with E-state index in [2.05, 4.69) is 4.90 Å². The quantitative estimate of drug-likeness (QED) is 0.768. The summed E-state index contributed by atoms with van der Waals surface area (Å²) in [5, 5.41) is 8.86. The van der Waals surface area contributed by atoms with Crippen molar-refractivity contribution in [1.29, 1.82) is 5.26 Å². The van der Waals surface area contributed by atoms with Crippen LogP contribution in [0, 0.1) is 17.1 Å². The van der Waals surface area contributed by atoms with Crippen LogP contribution < -0.4 is 4.90 Å². The summed E-state index contributed by atoms with van der Waals surface area (Å²) in [7, 11) is 0. The first-order chi connectivity index (χ1) is 9.19. The van der Waals surface area contributed by atoms with Gasteiger partial charge in [0, 0.05) is 37.8 Å². The molecule has 2 fully saturated rings. The van der Waals surface area contributed by atoms with Gasteiger partial charge >= 0.3 is 0 Å². The number of anilines is 1. The van der Waals surface area contributed by atoms with Gasteiger partial charge in [0.25, 0.3) is 0 Å². The van der Waals surface area contributed by atoms with Crippen molar-refractivity contribution in [3.05, 3.63) is 29.6 Å². The van der Waals surface area contributed by atoms with E-state index in [1.807, 2.05) is 11.0 Å². The fraction of sp³-hybridized carbons (Fsp3) is 0.429. The minimum atomic E-state index is -0.485. The van der Waals surface area contributed by atoms with Gasteiger partial charge in [0.1, 0.15) is 11.9 Å². The summed E-state index contributed by atoms with van der Waals surface area (Å²) < 4.78 is 13.3. The first kappa shape index (κ1) is 12.0. The standard InChI is InChI=1S/C14H14FN3O/c15-13-3-1-11(7-10(13)8-16)17-5-6-18-12(9-17)2-4-14(18)19/h1,3,7,12H,2,4-6,9H2/t12-/m0/s1. The Kier molecular flexibility index (Phi) is 2.86. The summed E-state index contributed by atoms with van der Waals surface area (Å²) in [5.41, 5.74) is 0.930. The molecule has 2 aliphatic rings. The Morgan fingerprint density at radius 2 is 2.21 bits per heavy atom. The predicted molar refractivity (Wildman–Crippen MR) is 68.1 cm³/mol. The molecule has 5 heteroatoms. The van der Waals surface area contributed by atoms with Gasteiger partial charge in [-0.15, -0.1) is 0 Å². The average molecular weight is 259 g/mol. The van der Waals surface area contributed by atoms with Gasteiger partial charge < -0.3 is 9.80 Å². The van der Waals surface area contributed by atoms with Crippen molar-refractivity contribution in [2.45, 2.75) is 18.9 Å². The molecule has 1 atom stereocenters. The number of hydrogen-bond acceptors (Lipinski definition) is 3. The number of nitrogens with zero attached hydrogens (tertiary/aromatic N) is 3. The van der Waals surface area contributed by atoms with E-state index in [1.54, 1.807) is 12.1 Å². The second-order valence-corrected chi connectivity index (χ2v) is 5.00. The molecular formula is C14H14FN3O. The average Bonchev–Trinajstić information content (AvgIpc) is 2.80. The minimum Gasteiger partial charge on any atom is -0.368 e. The van der Waals surface area contributed by atoms with Crippen LogP contribution in [0.2, 0.25) is 0 Å². The lowest BCUT2D eigenvalue weighted by Gasteiger charge is -2.38. The SMILES string of the molecule is N#Cc1cc(N2CCN3C(=O)CC[C@H]3C2)ccc1F. The Hall–Kier alpha value is -2.09. The van der Waals surface area contributed by atoms with E-state index in [0.29, 0.717) is 13.0 Å². The van der Waals surface area contributed by atoms with Crippen LogP contribution in [-0.2, 0) is 4.79 Å². The Balaban J connectivity index is 1.81. The number of rotatable bonds is 1. The third-order valence-electron chi connectivity index (χ3n) is 3.93. The topological polar surface area (TPSA) is 47.3 Å². The molecule has 0 unspecified atom stereocenters. The smallest absolute Gasteiger partial charge is 0.223 e. The van der Waals surface area contributed by atoms with E-state index >= 15 is 0 Å². The highest BCUT2D eigenvalue weighted by Gasteiger charge is 2.35. The monoisotopic (exact) mass is 259 g/mol. The molecule has 0 aromatic heterocycles. The number of piperazine rings is 1. The Morgan fingerprint density at radius 1 is 1.37 bits per heavy atom. The van der Waals surface area contributed by atoms with Crippen molar-refractivity contribution >= 4 is 11.6 Å². The number of amides is 1. The van der Waals surface area contributed by atoms with E-state index in [0.717, 1.165) is 25.2 Å². The lowest BCUT2D eigenvalue weighted by atomic mass is 10.1. The minimum absolute atomic E-state index is 0.0717. The molecule has 0 spiro atoms. The van der Waals surface area contributed by atoms with Crippen molar-refractivity contribution in [3.63, 3.8) is 0 Å². The lowest BCUT2D eigenvalue weighted by molar-refractivity contribution is -0.129. The largest absolute Gasteiger partial charge is 0.368 e. The molecule has 98 valence electrons. The molecule has 2 aliphatic heterocycles. The van der Waals surface area contributed by atoms with E-state index in [9.17, 15) is 9.18 Å². The van der Waals surface area contributed by atoms with Crippen molar-refractivity contribution in [2.75, 3.05) is 24.5 Å². The first-order valence-corrected chi connectivity index (χ1v) is 6.43. The van der Waals surface area contributed by atoms with Crippen LogP contribution in [0.25, 0.3) is 0 Å². The third-order valence-corrected chi connectivity index (χ3v) is 3.93. The van der Waals surface area contributed by atoms with Crippen LogP contribution in [0.5, 0.6) is 0 Å². The van der Waals surface area contributed by atoms with Gasteiger partial charge in [0.2, 0.25) is 5.91 Å². The van der Waals surface area contributed by atoms with Gasteiger partial charge in [0.15, 0.2) is 0 Å². The van der Waals surface area contributed by atoms with Crippen LogP contribution in [0.1, 0.15) is 18.4 Å². The highest BCUT2D eigenvalue weighted by atomic mass is 19.1. The number of carbonyl (C=O) groups excluding carboxylic acids is 1. The third kappa shape index (κ3) is 2.03. The number of benzene rings is 1. The van der Waals surface area contributed by atoms with Gasteiger partial charge in [0.05, 0.1) is 5.56 Å². The molecule has 2 heterocycles. The van der Waals surface area contributed by atoms with Crippen molar-refractivity contribution < 1.29 is 9.18 Å². The maximum atomic E-state index is 13.3. The van der Waals surface area contributed by atoms with Gasteiger partial charge in [-0.3, -0.25) is 4.79 Å². The molecule has 4 nitrogen and oxygen atoms in total. The fourth-order valence-corrected chi connectivity index (χ4v) is 2.89.